The van der Waals surface area contributed by atoms with Gasteiger partial charge in [0.15, 0.2) is 0 Å². The van der Waals surface area contributed by atoms with E-state index in [1.54, 1.807) is 30.3 Å². The number of nitrogens with zero attached hydrogens (tertiary/aromatic N) is 2. The van der Waals surface area contributed by atoms with Crippen LogP contribution in [0.15, 0.2) is 60.8 Å². The van der Waals surface area contributed by atoms with Crippen LogP contribution in [0, 0.1) is 23.0 Å². The molecule has 0 fully saturated rings. The summed E-state index contributed by atoms with van der Waals surface area (Å²) in [7, 11) is 0. The molecule has 26 heavy (non-hydrogen) atoms. The molecule has 2 N–H and O–H groups in total. The van der Waals surface area contributed by atoms with Gasteiger partial charge in [0.05, 0.1) is 17.2 Å². The molecule has 0 radical (unpaired) electrons. The second-order valence-corrected chi connectivity index (χ2v) is 5.30. The Morgan fingerprint density at radius 2 is 1.77 bits per heavy atom. The predicted octanol–water partition coefficient (Wildman–Crippen LogP) is 4.23. The van der Waals surface area contributed by atoms with Crippen molar-refractivity contribution in [3.05, 3.63) is 83.6 Å². The molecule has 1 heterocycles. The highest BCUT2D eigenvalue weighted by Gasteiger charge is 2.13. The number of hydrogen-bond acceptors (Lipinski definition) is 4. The van der Waals surface area contributed by atoms with Gasteiger partial charge in [-0.2, -0.15) is 5.26 Å². The molecule has 0 saturated heterocycles. The number of rotatable bonds is 4. The normalized spacial score (nSPS) is 10.0. The number of carbonyl (C=O) groups is 1. The lowest BCUT2D eigenvalue weighted by Gasteiger charge is -2.09. The Hall–Kier alpha value is -3.79. The van der Waals surface area contributed by atoms with Gasteiger partial charge in [-0.05, 0) is 42.5 Å². The third-order valence-electron chi connectivity index (χ3n) is 3.49. The van der Waals surface area contributed by atoms with Crippen LogP contribution in [-0.4, -0.2) is 10.9 Å². The largest absolute Gasteiger partial charge is 0.340 e. The molecule has 0 unspecified atom stereocenters. The average molecular weight is 350 g/mol. The van der Waals surface area contributed by atoms with Crippen LogP contribution in [0.3, 0.4) is 0 Å². The van der Waals surface area contributed by atoms with E-state index in [9.17, 15) is 13.6 Å². The maximum atomic E-state index is 13.6. The monoisotopic (exact) mass is 350 g/mol. The number of benzene rings is 2. The van der Waals surface area contributed by atoms with E-state index in [0.717, 1.165) is 12.1 Å². The number of para-hydroxylation sites is 1. The molecule has 3 rings (SSSR count). The van der Waals surface area contributed by atoms with Crippen molar-refractivity contribution in [1.29, 1.82) is 5.26 Å². The molecule has 5 nitrogen and oxygen atoms in total. The first-order valence-electron chi connectivity index (χ1n) is 7.55. The van der Waals surface area contributed by atoms with E-state index in [2.05, 4.69) is 15.6 Å². The Labute approximate surface area is 147 Å². The number of carbonyl (C=O) groups excluding carboxylic acids is 1. The quantitative estimate of drug-likeness (QED) is 0.738. The first kappa shape index (κ1) is 17.0. The zero-order valence-corrected chi connectivity index (χ0v) is 13.3. The molecule has 0 aliphatic rings. The molecule has 0 atom stereocenters. The molecule has 0 bridgehead atoms. The lowest BCUT2D eigenvalue weighted by Crippen LogP contribution is -2.14. The zero-order chi connectivity index (χ0) is 18.5. The van der Waals surface area contributed by atoms with Crippen LogP contribution < -0.4 is 10.6 Å². The highest BCUT2D eigenvalue weighted by Crippen LogP contribution is 2.20. The summed E-state index contributed by atoms with van der Waals surface area (Å²) in [6, 6.07) is 15.2. The number of hydrogen-bond donors (Lipinski definition) is 2. The summed E-state index contributed by atoms with van der Waals surface area (Å²) in [5.41, 5.74) is 0.803. The molecule has 0 aliphatic carbocycles. The molecule has 1 aromatic heterocycles. The summed E-state index contributed by atoms with van der Waals surface area (Å²) >= 11 is 0. The molecule has 1 amide bonds. The molecule has 0 aliphatic heterocycles. The molecule has 7 heteroatoms. The SMILES string of the molecule is N#Cc1cccc(Nc2ccc(C(=O)Nc3c(F)cccc3F)cn2)c1. The third kappa shape index (κ3) is 3.82. The molecule has 3 aromatic rings. The first-order valence-corrected chi connectivity index (χ1v) is 7.55. The maximum absolute atomic E-state index is 13.6. The van der Waals surface area contributed by atoms with E-state index in [-0.39, 0.29) is 5.56 Å². The minimum absolute atomic E-state index is 0.143. The van der Waals surface area contributed by atoms with Gasteiger partial charge in [-0.1, -0.05) is 12.1 Å². The zero-order valence-electron chi connectivity index (χ0n) is 13.3. The third-order valence-corrected chi connectivity index (χ3v) is 3.49. The van der Waals surface area contributed by atoms with Crippen LogP contribution in [-0.2, 0) is 0 Å². The van der Waals surface area contributed by atoms with Crippen molar-refractivity contribution in [2.75, 3.05) is 10.6 Å². The second kappa shape index (κ2) is 7.40. The lowest BCUT2D eigenvalue weighted by molar-refractivity contribution is 0.102. The van der Waals surface area contributed by atoms with Crippen molar-refractivity contribution in [1.82, 2.24) is 4.98 Å². The van der Waals surface area contributed by atoms with Crippen LogP contribution in [0.4, 0.5) is 26.0 Å². The number of aromatic nitrogens is 1. The predicted molar refractivity (Wildman–Crippen MR) is 93.0 cm³/mol. The van der Waals surface area contributed by atoms with Crippen molar-refractivity contribution in [3.8, 4) is 6.07 Å². The van der Waals surface area contributed by atoms with Gasteiger partial charge in [0.2, 0.25) is 0 Å². The summed E-state index contributed by atoms with van der Waals surface area (Å²) in [6.07, 6.45) is 1.28. The van der Waals surface area contributed by atoms with Crippen LogP contribution in [0.1, 0.15) is 15.9 Å². The Balaban J connectivity index is 1.73. The van der Waals surface area contributed by atoms with Crippen molar-refractivity contribution in [3.63, 3.8) is 0 Å². The van der Waals surface area contributed by atoms with Crippen molar-refractivity contribution in [2.24, 2.45) is 0 Å². The van der Waals surface area contributed by atoms with Gasteiger partial charge in [-0.3, -0.25) is 4.79 Å². The van der Waals surface area contributed by atoms with E-state index in [4.69, 9.17) is 5.26 Å². The summed E-state index contributed by atoms with van der Waals surface area (Å²) in [6.45, 7) is 0. The highest BCUT2D eigenvalue weighted by atomic mass is 19.1. The van der Waals surface area contributed by atoms with Crippen LogP contribution in [0.5, 0.6) is 0 Å². The van der Waals surface area contributed by atoms with Crippen molar-refractivity contribution in [2.45, 2.75) is 0 Å². The van der Waals surface area contributed by atoms with E-state index in [1.807, 2.05) is 6.07 Å². The summed E-state index contributed by atoms with van der Waals surface area (Å²) in [5, 5.41) is 14.1. The van der Waals surface area contributed by atoms with E-state index >= 15 is 0 Å². The fourth-order valence-corrected chi connectivity index (χ4v) is 2.22. The number of halogens is 2. The minimum Gasteiger partial charge on any atom is -0.340 e. The standard InChI is InChI=1S/C19H12F2N4O/c20-15-5-2-6-16(21)18(15)25-19(26)13-7-8-17(23-11-13)24-14-4-1-3-12(9-14)10-22/h1-9,11H,(H,23,24)(H,25,26). The summed E-state index contributed by atoms with van der Waals surface area (Å²) in [4.78, 5) is 16.2. The smallest absolute Gasteiger partial charge is 0.257 e. The van der Waals surface area contributed by atoms with Crippen LogP contribution in [0.2, 0.25) is 0 Å². The van der Waals surface area contributed by atoms with E-state index < -0.39 is 23.2 Å². The van der Waals surface area contributed by atoms with Crippen molar-refractivity contribution >= 4 is 23.1 Å². The molecule has 128 valence electrons. The van der Waals surface area contributed by atoms with Gasteiger partial charge in [-0.15, -0.1) is 0 Å². The fraction of sp³-hybridized carbons (Fsp3) is 0. The molecular formula is C19H12F2N4O. The number of nitriles is 1. The minimum atomic E-state index is -0.859. The average Bonchev–Trinajstić information content (AvgIpc) is 2.65. The Kier molecular flexibility index (Phi) is 4.85. The number of amides is 1. The van der Waals surface area contributed by atoms with Gasteiger partial charge in [0, 0.05) is 11.9 Å². The summed E-state index contributed by atoms with van der Waals surface area (Å²) in [5.74, 6) is -1.95. The van der Waals surface area contributed by atoms with Gasteiger partial charge < -0.3 is 10.6 Å². The fourth-order valence-electron chi connectivity index (χ4n) is 2.22. The van der Waals surface area contributed by atoms with Crippen LogP contribution in [0.25, 0.3) is 0 Å². The highest BCUT2D eigenvalue weighted by molar-refractivity contribution is 6.04. The Morgan fingerprint density at radius 1 is 1.04 bits per heavy atom. The van der Waals surface area contributed by atoms with E-state index in [1.165, 1.54) is 18.3 Å². The molecule has 2 aromatic carbocycles. The topological polar surface area (TPSA) is 77.8 Å². The first-order chi connectivity index (χ1) is 12.6. The summed E-state index contributed by atoms with van der Waals surface area (Å²) < 4.78 is 27.2. The second-order valence-electron chi connectivity index (χ2n) is 5.30. The molecule has 0 saturated carbocycles. The molecule has 0 spiro atoms. The number of anilines is 3. The maximum Gasteiger partial charge on any atom is 0.257 e. The van der Waals surface area contributed by atoms with Gasteiger partial charge in [-0.25, -0.2) is 13.8 Å². The van der Waals surface area contributed by atoms with E-state index in [0.29, 0.717) is 17.1 Å². The van der Waals surface area contributed by atoms with Crippen molar-refractivity contribution < 1.29 is 13.6 Å². The Bertz CT molecular complexity index is 977. The van der Waals surface area contributed by atoms with Gasteiger partial charge >= 0.3 is 0 Å². The molecular weight excluding hydrogens is 338 g/mol. The van der Waals surface area contributed by atoms with Gasteiger partial charge in [0.25, 0.3) is 5.91 Å². The number of pyridine rings is 1. The number of nitrogens with one attached hydrogen (secondary N) is 2. The Morgan fingerprint density at radius 3 is 2.42 bits per heavy atom. The van der Waals surface area contributed by atoms with Gasteiger partial charge in [0.1, 0.15) is 23.1 Å². The lowest BCUT2D eigenvalue weighted by atomic mass is 10.2. The van der Waals surface area contributed by atoms with Crippen LogP contribution >= 0.6 is 0 Å².